The van der Waals surface area contributed by atoms with E-state index < -0.39 is 0 Å². The van der Waals surface area contributed by atoms with E-state index in [0.717, 1.165) is 12.8 Å². The summed E-state index contributed by atoms with van der Waals surface area (Å²) in [4.78, 5) is 2.51. The number of nitrogens with zero attached hydrogens (tertiary/aromatic N) is 1. The second-order valence-corrected chi connectivity index (χ2v) is 4.70. The second kappa shape index (κ2) is 4.60. The molecule has 1 saturated heterocycles. The van der Waals surface area contributed by atoms with Gasteiger partial charge in [-0.3, -0.25) is 0 Å². The van der Waals surface area contributed by atoms with Crippen LogP contribution in [0.25, 0.3) is 0 Å². The topological polar surface area (TPSA) is 35.5 Å². The zero-order chi connectivity index (χ0) is 9.97. The van der Waals surface area contributed by atoms with Crippen LogP contribution in [0.15, 0.2) is 0 Å². The maximum atomic E-state index is 9.18. The van der Waals surface area contributed by atoms with Crippen LogP contribution in [0.2, 0.25) is 0 Å². The molecule has 3 nitrogen and oxygen atoms in total. The molecule has 2 aliphatic rings. The van der Waals surface area contributed by atoms with E-state index in [2.05, 4.69) is 17.1 Å². The fourth-order valence-electron chi connectivity index (χ4n) is 2.47. The highest BCUT2D eigenvalue weighted by Gasteiger charge is 2.29. The Bertz CT molecular complexity index is 172. The first-order chi connectivity index (χ1) is 6.78. The highest BCUT2D eigenvalue weighted by Crippen LogP contribution is 2.21. The third-order valence-corrected chi connectivity index (χ3v) is 3.62. The van der Waals surface area contributed by atoms with E-state index in [1.807, 2.05) is 0 Å². The predicted octanol–water partition coefficient (Wildman–Crippen LogP) is 0.584. The predicted molar refractivity (Wildman–Crippen MR) is 57.3 cm³/mol. The Morgan fingerprint density at radius 3 is 2.36 bits per heavy atom. The van der Waals surface area contributed by atoms with Gasteiger partial charge in [-0.25, -0.2) is 0 Å². The maximum Gasteiger partial charge on any atom is 0.0570 e. The maximum absolute atomic E-state index is 9.18. The molecule has 14 heavy (non-hydrogen) atoms. The van der Waals surface area contributed by atoms with E-state index in [1.165, 1.54) is 32.5 Å². The molecule has 0 spiro atoms. The van der Waals surface area contributed by atoms with Gasteiger partial charge in [-0.15, -0.1) is 0 Å². The summed E-state index contributed by atoms with van der Waals surface area (Å²) in [5, 5.41) is 12.8. The van der Waals surface area contributed by atoms with Crippen molar-refractivity contribution < 1.29 is 5.11 Å². The zero-order valence-corrected chi connectivity index (χ0v) is 9.08. The minimum atomic E-state index is -0.0248. The summed E-state index contributed by atoms with van der Waals surface area (Å²) in [6.45, 7) is 5.90. The number of rotatable bonds is 3. The number of hydrogen-bond donors (Lipinski definition) is 2. The lowest BCUT2D eigenvalue weighted by atomic mass is 9.88. The fraction of sp³-hybridized carbons (Fsp3) is 1.00. The Hall–Kier alpha value is -0.120. The van der Waals surface area contributed by atoms with E-state index in [-0.39, 0.29) is 6.10 Å². The molecular formula is C11H22N2O. The second-order valence-electron chi connectivity index (χ2n) is 4.70. The molecule has 2 fully saturated rings. The third kappa shape index (κ3) is 2.47. The molecule has 0 radical (unpaired) electrons. The van der Waals surface area contributed by atoms with Crippen molar-refractivity contribution >= 4 is 0 Å². The normalized spacial score (nSPS) is 35.6. The number of aliphatic hydroxyl groups is 1. The summed E-state index contributed by atoms with van der Waals surface area (Å²) < 4.78 is 0. The standard InChI is InChI=1S/C11H22N2O/c1-2-13-5-3-9(4-6-13)12-10-7-11(14)8-10/h9-12,14H,2-8H2,1H3. The van der Waals surface area contributed by atoms with Crippen LogP contribution < -0.4 is 5.32 Å². The minimum absolute atomic E-state index is 0.0248. The largest absolute Gasteiger partial charge is 0.393 e. The summed E-state index contributed by atoms with van der Waals surface area (Å²) in [5.41, 5.74) is 0. The van der Waals surface area contributed by atoms with Gasteiger partial charge < -0.3 is 15.3 Å². The van der Waals surface area contributed by atoms with Gasteiger partial charge in [-0.2, -0.15) is 0 Å². The summed E-state index contributed by atoms with van der Waals surface area (Å²) in [6, 6.07) is 1.30. The van der Waals surface area contributed by atoms with Crippen molar-refractivity contribution in [2.24, 2.45) is 0 Å². The first kappa shape index (κ1) is 10.4. The third-order valence-electron chi connectivity index (χ3n) is 3.62. The lowest BCUT2D eigenvalue weighted by molar-refractivity contribution is 0.0524. The molecule has 0 unspecified atom stereocenters. The molecule has 1 saturated carbocycles. The van der Waals surface area contributed by atoms with Crippen LogP contribution in [0.4, 0.5) is 0 Å². The van der Waals surface area contributed by atoms with Crippen LogP contribution in [0.3, 0.4) is 0 Å². The number of nitrogens with one attached hydrogen (secondary N) is 1. The first-order valence-corrected chi connectivity index (χ1v) is 5.94. The van der Waals surface area contributed by atoms with Crippen molar-refractivity contribution in [3.8, 4) is 0 Å². The molecule has 0 aromatic rings. The van der Waals surface area contributed by atoms with Crippen molar-refractivity contribution in [2.75, 3.05) is 19.6 Å². The Kier molecular flexibility index (Phi) is 3.42. The molecule has 0 bridgehead atoms. The quantitative estimate of drug-likeness (QED) is 0.696. The highest BCUT2D eigenvalue weighted by atomic mass is 16.3. The van der Waals surface area contributed by atoms with E-state index in [9.17, 15) is 5.11 Å². The SMILES string of the molecule is CCN1CCC(NC2CC(O)C2)CC1. The molecule has 1 aliphatic carbocycles. The molecule has 0 aromatic heterocycles. The van der Waals surface area contributed by atoms with E-state index in [0.29, 0.717) is 12.1 Å². The van der Waals surface area contributed by atoms with Gasteiger partial charge in [0.05, 0.1) is 6.10 Å². The van der Waals surface area contributed by atoms with E-state index in [1.54, 1.807) is 0 Å². The van der Waals surface area contributed by atoms with Crippen molar-refractivity contribution in [3.05, 3.63) is 0 Å². The molecular weight excluding hydrogens is 176 g/mol. The lowest BCUT2D eigenvalue weighted by Crippen LogP contribution is -2.51. The van der Waals surface area contributed by atoms with Crippen LogP contribution in [0.1, 0.15) is 32.6 Å². The van der Waals surface area contributed by atoms with Gasteiger partial charge in [0.1, 0.15) is 0 Å². The number of hydrogen-bond acceptors (Lipinski definition) is 3. The van der Waals surface area contributed by atoms with Crippen LogP contribution in [-0.4, -0.2) is 47.8 Å². The number of piperidine rings is 1. The molecule has 1 heterocycles. The molecule has 0 aromatic carbocycles. The molecule has 2 rings (SSSR count). The number of likely N-dealkylation sites (tertiary alicyclic amines) is 1. The highest BCUT2D eigenvalue weighted by molar-refractivity contribution is 4.88. The van der Waals surface area contributed by atoms with Crippen molar-refractivity contribution in [1.29, 1.82) is 0 Å². The Morgan fingerprint density at radius 2 is 1.86 bits per heavy atom. The van der Waals surface area contributed by atoms with Crippen LogP contribution in [0, 0.1) is 0 Å². The van der Waals surface area contributed by atoms with Crippen LogP contribution in [-0.2, 0) is 0 Å². The van der Waals surface area contributed by atoms with Crippen LogP contribution >= 0.6 is 0 Å². The Balaban J connectivity index is 1.64. The fourth-order valence-corrected chi connectivity index (χ4v) is 2.47. The molecule has 82 valence electrons. The molecule has 0 atom stereocenters. The van der Waals surface area contributed by atoms with E-state index >= 15 is 0 Å². The Labute approximate surface area is 86.5 Å². The van der Waals surface area contributed by atoms with Gasteiger partial charge in [0.2, 0.25) is 0 Å². The monoisotopic (exact) mass is 198 g/mol. The lowest BCUT2D eigenvalue weighted by Gasteiger charge is -2.38. The van der Waals surface area contributed by atoms with Crippen LogP contribution in [0.5, 0.6) is 0 Å². The summed E-state index contributed by atoms with van der Waals surface area (Å²) >= 11 is 0. The molecule has 1 aliphatic heterocycles. The summed E-state index contributed by atoms with van der Waals surface area (Å²) in [5.74, 6) is 0. The van der Waals surface area contributed by atoms with Gasteiger partial charge >= 0.3 is 0 Å². The number of aliphatic hydroxyl groups excluding tert-OH is 1. The van der Waals surface area contributed by atoms with Gasteiger partial charge in [-0.05, 0) is 45.3 Å². The summed E-state index contributed by atoms with van der Waals surface area (Å²) in [6.07, 6.45) is 4.46. The molecule has 3 heteroatoms. The average molecular weight is 198 g/mol. The zero-order valence-electron chi connectivity index (χ0n) is 9.08. The van der Waals surface area contributed by atoms with E-state index in [4.69, 9.17) is 0 Å². The van der Waals surface area contributed by atoms with Crippen molar-refractivity contribution in [3.63, 3.8) is 0 Å². The van der Waals surface area contributed by atoms with Gasteiger partial charge in [-0.1, -0.05) is 6.92 Å². The Morgan fingerprint density at radius 1 is 1.21 bits per heavy atom. The smallest absolute Gasteiger partial charge is 0.0570 e. The molecule has 0 amide bonds. The van der Waals surface area contributed by atoms with Gasteiger partial charge in [0, 0.05) is 12.1 Å². The first-order valence-electron chi connectivity index (χ1n) is 5.94. The molecule has 2 N–H and O–H groups in total. The minimum Gasteiger partial charge on any atom is -0.393 e. The van der Waals surface area contributed by atoms with Gasteiger partial charge in [0.15, 0.2) is 0 Å². The van der Waals surface area contributed by atoms with Crippen molar-refractivity contribution in [2.45, 2.75) is 50.8 Å². The summed E-state index contributed by atoms with van der Waals surface area (Å²) in [7, 11) is 0. The van der Waals surface area contributed by atoms with Crippen molar-refractivity contribution in [1.82, 2.24) is 10.2 Å². The van der Waals surface area contributed by atoms with Gasteiger partial charge in [0.25, 0.3) is 0 Å². The average Bonchev–Trinajstić information content (AvgIpc) is 2.17.